The molecule has 1 N–H and O–H groups in total. The number of halogens is 4. The number of carbonyl (C=O) groups excluding carboxylic acids is 2. The van der Waals surface area contributed by atoms with Crippen molar-refractivity contribution in [2.75, 3.05) is 18.9 Å². The molecule has 0 atom stereocenters. The Bertz CT molecular complexity index is 574. The molecule has 0 spiro atoms. The predicted octanol–water partition coefficient (Wildman–Crippen LogP) is 3.41. The number of carbonyl (C=O) groups is 2. The summed E-state index contributed by atoms with van der Waals surface area (Å²) in [6.07, 6.45) is -4.61. The third kappa shape index (κ3) is 4.91. The second-order valence-electron chi connectivity index (χ2n) is 5.09. The highest BCUT2D eigenvalue weighted by Crippen LogP contribution is 2.36. The van der Waals surface area contributed by atoms with Crippen molar-refractivity contribution in [1.29, 1.82) is 0 Å². The van der Waals surface area contributed by atoms with Crippen molar-refractivity contribution in [2.45, 2.75) is 20.0 Å². The number of hydrogen-bond donors (Lipinski definition) is 1. The first-order valence-electron chi connectivity index (χ1n) is 6.44. The summed E-state index contributed by atoms with van der Waals surface area (Å²) in [5.41, 5.74) is -1.06. The lowest BCUT2D eigenvalue weighted by Gasteiger charge is -2.19. The van der Waals surface area contributed by atoms with Crippen LogP contribution in [0, 0.1) is 5.92 Å². The molecule has 0 aliphatic heterocycles. The molecule has 1 aromatic carbocycles. The van der Waals surface area contributed by atoms with Crippen LogP contribution in [0.3, 0.4) is 0 Å². The first-order chi connectivity index (χ1) is 10.0. The van der Waals surface area contributed by atoms with Gasteiger partial charge in [-0.25, -0.2) is 0 Å². The SMILES string of the molecule is CC(C)C(=O)N(C)CC(=O)Nc1ccc(Cl)c(C(F)(F)F)c1. The van der Waals surface area contributed by atoms with Crippen LogP contribution >= 0.6 is 11.6 Å². The Morgan fingerprint density at radius 3 is 2.41 bits per heavy atom. The molecule has 22 heavy (non-hydrogen) atoms. The van der Waals surface area contributed by atoms with Crippen molar-refractivity contribution in [3.63, 3.8) is 0 Å². The molecule has 8 heteroatoms. The molecule has 0 aliphatic rings. The number of nitrogens with one attached hydrogen (secondary N) is 1. The third-order valence-corrected chi connectivity index (χ3v) is 3.14. The smallest absolute Gasteiger partial charge is 0.336 e. The summed E-state index contributed by atoms with van der Waals surface area (Å²) in [6, 6.07) is 3.08. The topological polar surface area (TPSA) is 49.4 Å². The highest BCUT2D eigenvalue weighted by atomic mass is 35.5. The fraction of sp³-hybridized carbons (Fsp3) is 0.429. The van der Waals surface area contributed by atoms with Gasteiger partial charge in [0.25, 0.3) is 0 Å². The van der Waals surface area contributed by atoms with Crippen molar-refractivity contribution in [1.82, 2.24) is 4.90 Å². The fourth-order valence-corrected chi connectivity index (χ4v) is 1.98. The fourth-order valence-electron chi connectivity index (χ4n) is 1.75. The van der Waals surface area contributed by atoms with E-state index in [1.165, 1.54) is 18.0 Å². The zero-order valence-electron chi connectivity index (χ0n) is 12.3. The number of alkyl halides is 3. The average Bonchev–Trinajstić information content (AvgIpc) is 2.38. The van der Waals surface area contributed by atoms with E-state index in [4.69, 9.17) is 11.6 Å². The molecule has 122 valence electrons. The van der Waals surface area contributed by atoms with E-state index in [1.807, 2.05) is 0 Å². The first-order valence-corrected chi connectivity index (χ1v) is 6.81. The van der Waals surface area contributed by atoms with Crippen LogP contribution in [0.5, 0.6) is 0 Å². The Labute approximate surface area is 131 Å². The maximum Gasteiger partial charge on any atom is 0.417 e. The van der Waals surface area contributed by atoms with E-state index in [1.54, 1.807) is 13.8 Å². The van der Waals surface area contributed by atoms with Gasteiger partial charge in [-0.05, 0) is 18.2 Å². The van der Waals surface area contributed by atoms with Crippen LogP contribution in [-0.2, 0) is 15.8 Å². The largest absolute Gasteiger partial charge is 0.417 e. The van der Waals surface area contributed by atoms with Gasteiger partial charge in [-0.15, -0.1) is 0 Å². The molecule has 0 saturated heterocycles. The zero-order chi connectivity index (χ0) is 17.1. The lowest BCUT2D eigenvalue weighted by molar-refractivity contribution is -0.137. The number of benzene rings is 1. The molecule has 0 heterocycles. The number of likely N-dealkylation sites (N-methyl/N-ethyl adjacent to an activating group) is 1. The summed E-state index contributed by atoms with van der Waals surface area (Å²) >= 11 is 5.49. The van der Waals surface area contributed by atoms with E-state index < -0.39 is 22.7 Å². The molecule has 2 amide bonds. The van der Waals surface area contributed by atoms with Gasteiger partial charge in [-0.3, -0.25) is 9.59 Å². The first kappa shape index (κ1) is 18.3. The monoisotopic (exact) mass is 336 g/mol. The van der Waals surface area contributed by atoms with Gasteiger partial charge in [0.05, 0.1) is 17.1 Å². The van der Waals surface area contributed by atoms with E-state index >= 15 is 0 Å². The number of nitrogens with zero attached hydrogens (tertiary/aromatic N) is 1. The summed E-state index contributed by atoms with van der Waals surface area (Å²) in [4.78, 5) is 24.6. The molecule has 0 saturated carbocycles. The maximum absolute atomic E-state index is 12.7. The molecule has 1 aromatic rings. The number of rotatable bonds is 4. The van der Waals surface area contributed by atoms with Gasteiger partial charge in [0.1, 0.15) is 0 Å². The van der Waals surface area contributed by atoms with E-state index in [0.29, 0.717) is 0 Å². The predicted molar refractivity (Wildman–Crippen MR) is 77.6 cm³/mol. The molecule has 0 aliphatic carbocycles. The summed E-state index contributed by atoms with van der Waals surface area (Å²) in [5.74, 6) is -1.10. The molecule has 0 unspecified atom stereocenters. The molecule has 0 aromatic heterocycles. The van der Waals surface area contributed by atoms with E-state index in [2.05, 4.69) is 5.32 Å². The van der Waals surface area contributed by atoms with Gasteiger partial charge in [0.15, 0.2) is 0 Å². The quantitative estimate of drug-likeness (QED) is 0.916. The Hall–Kier alpha value is -1.76. The lowest BCUT2D eigenvalue weighted by atomic mass is 10.2. The summed E-state index contributed by atoms with van der Waals surface area (Å²) < 4.78 is 38.2. The summed E-state index contributed by atoms with van der Waals surface area (Å²) in [7, 11) is 1.45. The molecule has 4 nitrogen and oxygen atoms in total. The molecular formula is C14H16ClF3N2O2. The molecular weight excluding hydrogens is 321 g/mol. The van der Waals surface area contributed by atoms with Gasteiger partial charge in [-0.2, -0.15) is 13.2 Å². The molecule has 0 bridgehead atoms. The third-order valence-electron chi connectivity index (χ3n) is 2.81. The maximum atomic E-state index is 12.7. The van der Waals surface area contributed by atoms with Gasteiger partial charge in [-0.1, -0.05) is 25.4 Å². The van der Waals surface area contributed by atoms with E-state index in [9.17, 15) is 22.8 Å². The van der Waals surface area contributed by atoms with Gasteiger partial charge < -0.3 is 10.2 Å². The summed E-state index contributed by atoms with van der Waals surface area (Å²) in [5, 5.41) is 1.87. The van der Waals surface area contributed by atoms with Crippen LogP contribution in [0.2, 0.25) is 5.02 Å². The van der Waals surface area contributed by atoms with Crippen molar-refractivity contribution >= 4 is 29.1 Å². The molecule has 0 radical (unpaired) electrons. The van der Waals surface area contributed by atoms with E-state index in [-0.39, 0.29) is 24.1 Å². The Kier molecular flexibility index (Phi) is 5.82. The standard InChI is InChI=1S/C14H16ClF3N2O2/c1-8(2)13(22)20(3)7-12(21)19-9-4-5-11(15)10(6-9)14(16,17)18/h4-6,8H,7H2,1-3H3,(H,19,21). The Morgan fingerprint density at radius 2 is 1.91 bits per heavy atom. The second-order valence-corrected chi connectivity index (χ2v) is 5.50. The molecule has 1 rings (SSSR count). The van der Waals surface area contributed by atoms with E-state index in [0.717, 1.165) is 12.1 Å². The minimum atomic E-state index is -4.61. The van der Waals surface area contributed by atoms with Crippen LogP contribution < -0.4 is 5.32 Å². The summed E-state index contributed by atoms with van der Waals surface area (Å²) in [6.45, 7) is 3.12. The Morgan fingerprint density at radius 1 is 1.32 bits per heavy atom. The van der Waals surface area contributed by atoms with Gasteiger partial charge in [0.2, 0.25) is 11.8 Å². The highest BCUT2D eigenvalue weighted by Gasteiger charge is 2.33. The van der Waals surface area contributed by atoms with Crippen LogP contribution in [0.1, 0.15) is 19.4 Å². The van der Waals surface area contributed by atoms with Crippen LogP contribution in [0.25, 0.3) is 0 Å². The van der Waals surface area contributed by atoms with Gasteiger partial charge >= 0.3 is 6.18 Å². The second kappa shape index (κ2) is 7.00. The highest BCUT2D eigenvalue weighted by molar-refractivity contribution is 6.31. The van der Waals surface area contributed by atoms with Crippen LogP contribution in [-0.4, -0.2) is 30.3 Å². The molecule has 0 fully saturated rings. The average molecular weight is 337 g/mol. The minimum Gasteiger partial charge on any atom is -0.336 e. The van der Waals surface area contributed by atoms with Crippen molar-refractivity contribution < 1.29 is 22.8 Å². The normalized spacial score (nSPS) is 11.5. The van der Waals surface area contributed by atoms with Crippen molar-refractivity contribution in [2.24, 2.45) is 5.92 Å². The Balaban J connectivity index is 2.79. The van der Waals surface area contributed by atoms with Crippen molar-refractivity contribution in [3.8, 4) is 0 Å². The zero-order valence-corrected chi connectivity index (χ0v) is 13.0. The number of anilines is 1. The minimum absolute atomic E-state index is 0.0351. The lowest BCUT2D eigenvalue weighted by Crippen LogP contribution is -2.37. The van der Waals surface area contributed by atoms with Gasteiger partial charge in [0, 0.05) is 18.7 Å². The number of hydrogen-bond acceptors (Lipinski definition) is 2. The van der Waals surface area contributed by atoms with Crippen LogP contribution in [0.4, 0.5) is 18.9 Å². The van der Waals surface area contributed by atoms with Crippen molar-refractivity contribution in [3.05, 3.63) is 28.8 Å². The van der Waals surface area contributed by atoms with Crippen LogP contribution in [0.15, 0.2) is 18.2 Å². The number of amides is 2.